The molecule has 1 atom stereocenters. The number of rotatable bonds is 4. The lowest BCUT2D eigenvalue weighted by molar-refractivity contribution is -0.358. The summed E-state index contributed by atoms with van der Waals surface area (Å²) in [4.78, 5) is 14.5. The average molecular weight is 361 g/mol. The van der Waals surface area contributed by atoms with Gasteiger partial charge in [0.1, 0.15) is 0 Å². The highest BCUT2D eigenvalue weighted by Crippen LogP contribution is 2.37. The molecule has 1 rings (SSSR count). The monoisotopic (exact) mass is 361 g/mol. The molecule has 0 spiro atoms. The van der Waals surface area contributed by atoms with E-state index in [2.05, 4.69) is 0 Å². The molecule has 0 heterocycles. The molecule has 0 saturated carbocycles. The van der Waals surface area contributed by atoms with E-state index in [9.17, 15) is 28.2 Å². The fourth-order valence-corrected chi connectivity index (χ4v) is 2.57. The number of hydrogen-bond donors (Lipinski definition) is 2. The topological polar surface area (TPSA) is 60.8 Å². The molecule has 0 aliphatic heterocycles. The van der Waals surface area contributed by atoms with E-state index in [4.69, 9.17) is 0 Å². The Morgan fingerprint density at radius 1 is 1.08 bits per heavy atom. The standard InChI is InChI=1S/C18H26F3NO3/c1-11(2)12(3)22(16(4,5)6)15(23)13-8-7-9-14(10-13)17(24,25)18(19,20)21/h7-12,24-25H,1-6H3. The largest absolute Gasteiger partial charge is 0.447 e. The lowest BCUT2D eigenvalue weighted by Crippen LogP contribution is -2.52. The average Bonchev–Trinajstić information content (AvgIpc) is 2.44. The predicted molar refractivity (Wildman–Crippen MR) is 88.8 cm³/mol. The van der Waals surface area contributed by atoms with Crippen molar-refractivity contribution >= 4 is 5.91 Å². The van der Waals surface area contributed by atoms with E-state index in [1.165, 1.54) is 12.1 Å². The van der Waals surface area contributed by atoms with Crippen LogP contribution in [-0.2, 0) is 5.79 Å². The van der Waals surface area contributed by atoms with E-state index in [1.54, 1.807) is 4.90 Å². The number of amides is 1. The Bertz CT molecular complexity index is 619. The van der Waals surface area contributed by atoms with E-state index >= 15 is 0 Å². The van der Waals surface area contributed by atoms with E-state index in [0.29, 0.717) is 0 Å². The Balaban J connectivity index is 3.36. The summed E-state index contributed by atoms with van der Waals surface area (Å²) in [6.07, 6.45) is -5.27. The number of benzene rings is 1. The molecule has 25 heavy (non-hydrogen) atoms. The van der Waals surface area contributed by atoms with E-state index in [1.807, 2.05) is 41.5 Å². The number of halogens is 3. The van der Waals surface area contributed by atoms with Gasteiger partial charge in [0.05, 0.1) is 0 Å². The minimum atomic E-state index is -5.27. The summed E-state index contributed by atoms with van der Waals surface area (Å²) >= 11 is 0. The molecular formula is C18H26F3NO3. The van der Waals surface area contributed by atoms with Gasteiger partial charge in [0.25, 0.3) is 11.7 Å². The second kappa shape index (κ2) is 6.96. The smallest absolute Gasteiger partial charge is 0.355 e. The van der Waals surface area contributed by atoms with E-state index in [-0.39, 0.29) is 17.5 Å². The van der Waals surface area contributed by atoms with Crippen molar-refractivity contribution in [2.45, 2.75) is 65.1 Å². The molecule has 142 valence electrons. The lowest BCUT2D eigenvalue weighted by atomic mass is 9.94. The molecule has 0 fully saturated rings. The third kappa shape index (κ3) is 4.52. The molecule has 0 aliphatic rings. The Kier molecular flexibility index (Phi) is 5.97. The molecule has 0 bridgehead atoms. The molecule has 1 aromatic rings. The van der Waals surface area contributed by atoms with Crippen LogP contribution in [0.3, 0.4) is 0 Å². The molecule has 4 nitrogen and oxygen atoms in total. The summed E-state index contributed by atoms with van der Waals surface area (Å²) in [5.41, 5.74) is -1.38. The molecule has 1 aromatic carbocycles. The summed E-state index contributed by atoms with van der Waals surface area (Å²) in [5, 5.41) is 18.9. The van der Waals surface area contributed by atoms with Gasteiger partial charge in [-0.3, -0.25) is 4.79 Å². The van der Waals surface area contributed by atoms with Crippen LogP contribution in [0.5, 0.6) is 0 Å². The Labute approximate surface area is 146 Å². The Hall–Kier alpha value is -1.60. The maximum atomic E-state index is 12.9. The molecule has 0 radical (unpaired) electrons. The van der Waals surface area contributed by atoms with Crippen molar-refractivity contribution in [1.29, 1.82) is 0 Å². The highest BCUT2D eigenvalue weighted by Gasteiger charge is 2.54. The number of carbonyl (C=O) groups is 1. The van der Waals surface area contributed by atoms with Crippen LogP contribution in [0.15, 0.2) is 24.3 Å². The van der Waals surface area contributed by atoms with Gasteiger partial charge in [-0.05, 0) is 45.7 Å². The van der Waals surface area contributed by atoms with Crippen LogP contribution < -0.4 is 0 Å². The molecule has 2 N–H and O–H groups in total. The molecule has 7 heteroatoms. The maximum Gasteiger partial charge on any atom is 0.447 e. The summed E-state index contributed by atoms with van der Waals surface area (Å²) in [5.74, 6) is -4.34. The van der Waals surface area contributed by atoms with Gasteiger partial charge in [0.15, 0.2) is 0 Å². The van der Waals surface area contributed by atoms with Crippen molar-refractivity contribution in [2.24, 2.45) is 5.92 Å². The van der Waals surface area contributed by atoms with Crippen molar-refractivity contribution in [3.05, 3.63) is 35.4 Å². The van der Waals surface area contributed by atoms with Gasteiger partial charge >= 0.3 is 6.18 Å². The lowest BCUT2D eigenvalue weighted by Gasteiger charge is -2.42. The third-order valence-corrected chi connectivity index (χ3v) is 4.22. The van der Waals surface area contributed by atoms with Crippen LogP contribution in [0.2, 0.25) is 0 Å². The summed E-state index contributed by atoms with van der Waals surface area (Å²) < 4.78 is 38.5. The van der Waals surface area contributed by atoms with Crippen LogP contribution in [-0.4, -0.2) is 38.8 Å². The number of hydrogen-bond acceptors (Lipinski definition) is 3. The minimum absolute atomic E-state index is 0.0309. The molecule has 0 aromatic heterocycles. The Morgan fingerprint density at radius 3 is 2.00 bits per heavy atom. The van der Waals surface area contributed by atoms with Crippen LogP contribution in [0, 0.1) is 5.92 Å². The molecular weight excluding hydrogens is 335 g/mol. The summed E-state index contributed by atoms with van der Waals surface area (Å²) in [7, 11) is 0. The SMILES string of the molecule is CC(C)C(C)N(C(=O)c1cccc(C(O)(O)C(F)(F)F)c1)C(C)(C)C. The molecule has 1 amide bonds. The maximum absolute atomic E-state index is 12.9. The zero-order valence-corrected chi connectivity index (χ0v) is 15.3. The first-order chi connectivity index (χ1) is 11.1. The highest BCUT2D eigenvalue weighted by molar-refractivity contribution is 5.95. The van der Waals surface area contributed by atoms with E-state index in [0.717, 1.165) is 12.1 Å². The molecule has 1 unspecified atom stereocenters. The van der Waals surface area contributed by atoms with Gasteiger partial charge in [-0.15, -0.1) is 0 Å². The quantitative estimate of drug-likeness (QED) is 0.805. The van der Waals surface area contributed by atoms with Crippen molar-refractivity contribution in [3.63, 3.8) is 0 Å². The molecule has 0 saturated heterocycles. The van der Waals surface area contributed by atoms with Gasteiger partial charge in [-0.1, -0.05) is 26.0 Å². The first-order valence-corrected chi connectivity index (χ1v) is 8.06. The molecule has 0 aliphatic carbocycles. The van der Waals surface area contributed by atoms with Crippen molar-refractivity contribution in [2.75, 3.05) is 0 Å². The van der Waals surface area contributed by atoms with Crippen LogP contribution in [0.1, 0.15) is 57.5 Å². The fourth-order valence-electron chi connectivity index (χ4n) is 2.57. The minimum Gasteiger partial charge on any atom is -0.355 e. The first kappa shape index (κ1) is 21.4. The fraction of sp³-hybridized carbons (Fsp3) is 0.611. The van der Waals surface area contributed by atoms with Crippen molar-refractivity contribution in [3.8, 4) is 0 Å². The predicted octanol–water partition coefficient (Wildman–Crippen LogP) is 3.67. The zero-order chi connectivity index (χ0) is 19.8. The number of nitrogens with zero attached hydrogens (tertiary/aromatic N) is 1. The Morgan fingerprint density at radius 2 is 1.60 bits per heavy atom. The highest BCUT2D eigenvalue weighted by atomic mass is 19.4. The second-order valence-corrected chi connectivity index (χ2v) is 7.58. The van der Waals surface area contributed by atoms with Gasteiger partial charge in [-0.25, -0.2) is 0 Å². The summed E-state index contributed by atoms with van der Waals surface area (Å²) in [6.45, 7) is 11.3. The van der Waals surface area contributed by atoms with Gasteiger partial charge < -0.3 is 15.1 Å². The normalized spacial score (nSPS) is 14.6. The zero-order valence-electron chi connectivity index (χ0n) is 15.3. The van der Waals surface area contributed by atoms with Crippen LogP contribution in [0.4, 0.5) is 13.2 Å². The summed E-state index contributed by atoms with van der Waals surface area (Å²) in [6, 6.07) is 4.21. The van der Waals surface area contributed by atoms with Gasteiger partial charge in [-0.2, -0.15) is 13.2 Å². The first-order valence-electron chi connectivity index (χ1n) is 8.06. The van der Waals surface area contributed by atoms with Gasteiger partial charge in [0, 0.05) is 22.7 Å². The number of alkyl halides is 3. The van der Waals surface area contributed by atoms with Crippen molar-refractivity contribution in [1.82, 2.24) is 4.90 Å². The third-order valence-electron chi connectivity index (χ3n) is 4.22. The van der Waals surface area contributed by atoms with E-state index < -0.39 is 29.0 Å². The van der Waals surface area contributed by atoms with Crippen LogP contribution >= 0.6 is 0 Å². The second-order valence-electron chi connectivity index (χ2n) is 7.58. The van der Waals surface area contributed by atoms with Gasteiger partial charge in [0.2, 0.25) is 0 Å². The number of aliphatic hydroxyl groups is 2. The van der Waals surface area contributed by atoms with Crippen LogP contribution in [0.25, 0.3) is 0 Å². The van der Waals surface area contributed by atoms with Crippen molar-refractivity contribution < 1.29 is 28.2 Å². The number of carbonyl (C=O) groups excluding carboxylic acids is 1.